The zero-order valence-electron chi connectivity index (χ0n) is 10.8. The number of ether oxygens (including phenoxy) is 1. The molecule has 2 nitrogen and oxygen atoms in total. The Morgan fingerprint density at radius 3 is 2.13 bits per heavy atom. The van der Waals surface area contributed by atoms with Gasteiger partial charge in [0.2, 0.25) is 0 Å². The average molecular weight is 211 g/mol. The van der Waals surface area contributed by atoms with E-state index in [4.69, 9.17) is 4.74 Å². The molecule has 2 fully saturated rings. The van der Waals surface area contributed by atoms with Crippen LogP contribution in [0.25, 0.3) is 0 Å². The molecule has 1 aliphatic heterocycles. The Balaban J connectivity index is 2.16. The summed E-state index contributed by atoms with van der Waals surface area (Å²) in [6.45, 7) is 13.4. The van der Waals surface area contributed by atoms with E-state index in [1.165, 1.54) is 12.8 Å². The van der Waals surface area contributed by atoms with Crippen molar-refractivity contribution in [1.29, 1.82) is 0 Å². The van der Waals surface area contributed by atoms with E-state index in [1.807, 2.05) is 0 Å². The molecular weight excluding hydrogens is 186 g/mol. The minimum absolute atomic E-state index is 0.00139. The van der Waals surface area contributed by atoms with E-state index in [0.29, 0.717) is 11.3 Å². The van der Waals surface area contributed by atoms with Crippen LogP contribution < -0.4 is 5.32 Å². The van der Waals surface area contributed by atoms with Gasteiger partial charge in [-0.15, -0.1) is 0 Å². The first kappa shape index (κ1) is 11.4. The Hall–Kier alpha value is -0.0800. The third-order valence-electron chi connectivity index (χ3n) is 4.89. The molecule has 0 aromatic rings. The third-order valence-corrected chi connectivity index (χ3v) is 4.89. The van der Waals surface area contributed by atoms with Crippen LogP contribution >= 0.6 is 0 Å². The molecule has 1 heterocycles. The second-order valence-corrected chi connectivity index (χ2v) is 6.46. The lowest BCUT2D eigenvalue weighted by molar-refractivity contribution is -0.207. The van der Waals surface area contributed by atoms with Crippen molar-refractivity contribution in [1.82, 2.24) is 5.32 Å². The van der Waals surface area contributed by atoms with E-state index in [2.05, 4.69) is 39.9 Å². The SMILES string of the molecule is CC(C)C1(C)CNCC(C)(C2(C)CC2)O1. The molecule has 1 saturated carbocycles. The van der Waals surface area contributed by atoms with Crippen LogP contribution in [0.4, 0.5) is 0 Å². The van der Waals surface area contributed by atoms with Crippen molar-refractivity contribution in [3.8, 4) is 0 Å². The van der Waals surface area contributed by atoms with Gasteiger partial charge in [0.05, 0.1) is 11.2 Å². The minimum atomic E-state index is -0.00139. The summed E-state index contributed by atoms with van der Waals surface area (Å²) in [4.78, 5) is 0. The van der Waals surface area contributed by atoms with Crippen LogP contribution in [0.1, 0.15) is 47.5 Å². The van der Waals surface area contributed by atoms with E-state index in [9.17, 15) is 0 Å². The van der Waals surface area contributed by atoms with Crippen LogP contribution in [-0.2, 0) is 4.74 Å². The predicted octanol–water partition coefficient (Wildman–Crippen LogP) is 2.58. The summed E-state index contributed by atoms with van der Waals surface area (Å²) >= 11 is 0. The lowest BCUT2D eigenvalue weighted by atomic mass is 9.81. The molecule has 0 radical (unpaired) electrons. The van der Waals surface area contributed by atoms with Gasteiger partial charge >= 0.3 is 0 Å². The van der Waals surface area contributed by atoms with Crippen LogP contribution in [0.3, 0.4) is 0 Å². The van der Waals surface area contributed by atoms with Crippen molar-refractivity contribution in [2.24, 2.45) is 11.3 Å². The maximum absolute atomic E-state index is 6.49. The highest BCUT2D eigenvalue weighted by atomic mass is 16.5. The number of rotatable bonds is 2. The van der Waals surface area contributed by atoms with Gasteiger partial charge in [-0.2, -0.15) is 0 Å². The fourth-order valence-corrected chi connectivity index (χ4v) is 2.51. The van der Waals surface area contributed by atoms with Gasteiger partial charge in [-0.3, -0.25) is 0 Å². The van der Waals surface area contributed by atoms with Crippen molar-refractivity contribution in [3.63, 3.8) is 0 Å². The molecule has 1 aliphatic carbocycles. The molecule has 0 bridgehead atoms. The summed E-state index contributed by atoms with van der Waals surface area (Å²) in [5.74, 6) is 0.562. The van der Waals surface area contributed by atoms with Gasteiger partial charge in [-0.1, -0.05) is 20.8 Å². The quantitative estimate of drug-likeness (QED) is 0.758. The summed E-state index contributed by atoms with van der Waals surface area (Å²) < 4.78 is 6.49. The second kappa shape index (κ2) is 3.21. The number of nitrogens with one attached hydrogen (secondary N) is 1. The van der Waals surface area contributed by atoms with E-state index < -0.39 is 0 Å². The maximum Gasteiger partial charge on any atom is 0.0839 e. The topological polar surface area (TPSA) is 21.3 Å². The van der Waals surface area contributed by atoms with Crippen LogP contribution in [0.2, 0.25) is 0 Å². The normalized spacial score (nSPS) is 44.4. The molecule has 2 atom stereocenters. The van der Waals surface area contributed by atoms with Gasteiger partial charge in [0.25, 0.3) is 0 Å². The smallest absolute Gasteiger partial charge is 0.0839 e. The van der Waals surface area contributed by atoms with Crippen molar-refractivity contribution in [2.75, 3.05) is 13.1 Å². The first-order valence-corrected chi connectivity index (χ1v) is 6.22. The fraction of sp³-hybridized carbons (Fsp3) is 1.00. The van der Waals surface area contributed by atoms with Crippen molar-refractivity contribution < 1.29 is 4.74 Å². The van der Waals surface area contributed by atoms with Crippen molar-refractivity contribution in [3.05, 3.63) is 0 Å². The molecule has 88 valence electrons. The third kappa shape index (κ3) is 1.72. The fourth-order valence-electron chi connectivity index (χ4n) is 2.51. The number of hydrogen-bond donors (Lipinski definition) is 1. The van der Waals surface area contributed by atoms with Crippen LogP contribution in [0.5, 0.6) is 0 Å². The first-order chi connectivity index (χ1) is 6.81. The van der Waals surface area contributed by atoms with Crippen molar-refractivity contribution >= 4 is 0 Å². The molecule has 2 aliphatic rings. The summed E-state index contributed by atoms with van der Waals surface area (Å²) in [5.41, 5.74) is 0.444. The zero-order chi connectivity index (χ0) is 11.3. The summed E-state index contributed by atoms with van der Waals surface area (Å²) in [5, 5.41) is 3.57. The van der Waals surface area contributed by atoms with Gasteiger partial charge < -0.3 is 10.1 Å². The van der Waals surface area contributed by atoms with E-state index in [1.54, 1.807) is 0 Å². The van der Waals surface area contributed by atoms with Crippen molar-refractivity contribution in [2.45, 2.75) is 58.7 Å². The van der Waals surface area contributed by atoms with Gasteiger partial charge in [0, 0.05) is 13.1 Å². The maximum atomic E-state index is 6.49. The lowest BCUT2D eigenvalue weighted by Crippen LogP contribution is -2.62. The van der Waals surface area contributed by atoms with Crippen LogP contribution in [0.15, 0.2) is 0 Å². The minimum Gasteiger partial charge on any atom is -0.366 e. The molecule has 15 heavy (non-hydrogen) atoms. The Morgan fingerprint density at radius 1 is 1.07 bits per heavy atom. The Bertz CT molecular complexity index is 259. The van der Waals surface area contributed by atoms with Gasteiger partial charge in [0.1, 0.15) is 0 Å². The first-order valence-electron chi connectivity index (χ1n) is 6.22. The molecule has 0 aromatic carbocycles. The zero-order valence-corrected chi connectivity index (χ0v) is 10.8. The summed E-state index contributed by atoms with van der Waals surface area (Å²) in [6.07, 6.45) is 2.64. The molecular formula is C13H25NO. The highest BCUT2D eigenvalue weighted by Gasteiger charge is 2.57. The van der Waals surface area contributed by atoms with Gasteiger partial charge in [0.15, 0.2) is 0 Å². The largest absolute Gasteiger partial charge is 0.366 e. The van der Waals surface area contributed by atoms with E-state index >= 15 is 0 Å². The molecule has 0 spiro atoms. The highest BCUT2D eigenvalue weighted by Crippen LogP contribution is 2.57. The molecule has 0 amide bonds. The summed E-state index contributed by atoms with van der Waals surface area (Å²) in [6, 6.07) is 0. The average Bonchev–Trinajstić information content (AvgIpc) is 2.85. The molecule has 2 heteroatoms. The molecule has 0 aromatic heterocycles. The predicted molar refractivity (Wildman–Crippen MR) is 62.9 cm³/mol. The van der Waals surface area contributed by atoms with Crippen LogP contribution in [0, 0.1) is 11.3 Å². The molecule has 2 unspecified atom stereocenters. The molecule has 1 saturated heterocycles. The summed E-state index contributed by atoms with van der Waals surface area (Å²) in [7, 11) is 0. The van der Waals surface area contributed by atoms with Gasteiger partial charge in [-0.05, 0) is 38.0 Å². The second-order valence-electron chi connectivity index (χ2n) is 6.46. The Labute approximate surface area is 93.8 Å². The Kier molecular flexibility index (Phi) is 2.44. The highest BCUT2D eigenvalue weighted by molar-refractivity contribution is 5.09. The monoisotopic (exact) mass is 211 g/mol. The molecule has 2 rings (SSSR count). The van der Waals surface area contributed by atoms with Gasteiger partial charge in [-0.25, -0.2) is 0 Å². The number of morpholine rings is 1. The lowest BCUT2D eigenvalue weighted by Gasteiger charge is -2.50. The van der Waals surface area contributed by atoms with E-state index in [-0.39, 0.29) is 11.2 Å². The van der Waals surface area contributed by atoms with E-state index in [0.717, 1.165) is 13.1 Å². The standard InChI is InChI=1S/C13H25NO/c1-10(2)12(4)8-14-9-13(5,15-12)11(3)6-7-11/h10,14H,6-9H2,1-5H3. The molecule has 1 N–H and O–H groups in total. The number of hydrogen-bond acceptors (Lipinski definition) is 2. The Morgan fingerprint density at radius 2 is 1.67 bits per heavy atom. The van der Waals surface area contributed by atoms with Crippen LogP contribution in [-0.4, -0.2) is 24.3 Å².